The molecule has 1 aromatic rings. The maximum absolute atomic E-state index is 10.5. The van der Waals surface area contributed by atoms with Gasteiger partial charge in [-0.05, 0) is 18.6 Å². The lowest BCUT2D eigenvalue weighted by Gasteiger charge is -2.08. The molecule has 0 aliphatic carbocycles. The van der Waals surface area contributed by atoms with Gasteiger partial charge in [0.1, 0.15) is 0 Å². The van der Waals surface area contributed by atoms with Gasteiger partial charge < -0.3 is 10.8 Å². The Kier molecular flexibility index (Phi) is 4.20. The highest BCUT2D eigenvalue weighted by molar-refractivity contribution is 5.77. The molecule has 82 valence electrons. The molecule has 5 heteroatoms. The van der Waals surface area contributed by atoms with Gasteiger partial charge in [-0.25, -0.2) is 0 Å². The summed E-state index contributed by atoms with van der Waals surface area (Å²) in [4.78, 5) is 14.7. The average molecular weight is 209 g/mol. The van der Waals surface area contributed by atoms with E-state index < -0.39 is 12.1 Å². The van der Waals surface area contributed by atoms with Crippen LogP contribution in [-0.4, -0.2) is 28.8 Å². The highest BCUT2D eigenvalue weighted by atomic mass is 16.3. The van der Waals surface area contributed by atoms with E-state index >= 15 is 0 Å². The van der Waals surface area contributed by atoms with E-state index in [1.807, 2.05) is 19.1 Å². The van der Waals surface area contributed by atoms with E-state index in [0.717, 1.165) is 11.3 Å². The minimum Gasteiger partial charge on any atom is -0.370 e. The number of aliphatic hydroxyl groups is 1. The van der Waals surface area contributed by atoms with Crippen LogP contribution in [0.2, 0.25) is 0 Å². The van der Waals surface area contributed by atoms with E-state index in [1.165, 1.54) is 0 Å². The van der Waals surface area contributed by atoms with Gasteiger partial charge in [-0.1, -0.05) is 6.07 Å². The fourth-order valence-electron chi connectivity index (χ4n) is 1.08. The Morgan fingerprint density at radius 2 is 2.40 bits per heavy atom. The molecule has 1 unspecified atom stereocenters. The fraction of sp³-hybridized carbons (Fsp3) is 0.400. The first-order chi connectivity index (χ1) is 7.09. The van der Waals surface area contributed by atoms with Gasteiger partial charge in [0.25, 0.3) is 5.91 Å². The number of pyridine rings is 1. The van der Waals surface area contributed by atoms with Crippen LogP contribution in [0.3, 0.4) is 0 Å². The fourth-order valence-corrected chi connectivity index (χ4v) is 1.08. The molecule has 0 bridgehead atoms. The summed E-state index contributed by atoms with van der Waals surface area (Å²) in [5.74, 6) is -0.771. The summed E-state index contributed by atoms with van der Waals surface area (Å²) >= 11 is 0. The normalized spacial score (nSPS) is 12.4. The van der Waals surface area contributed by atoms with Gasteiger partial charge in [-0.2, -0.15) is 0 Å². The van der Waals surface area contributed by atoms with E-state index in [9.17, 15) is 4.79 Å². The summed E-state index contributed by atoms with van der Waals surface area (Å²) in [5.41, 5.74) is 6.88. The summed E-state index contributed by atoms with van der Waals surface area (Å²) in [5, 5.41) is 11.6. The highest BCUT2D eigenvalue weighted by Crippen LogP contribution is 1.98. The molecule has 0 radical (unpaired) electrons. The first-order valence-electron chi connectivity index (χ1n) is 4.72. The Bertz CT molecular complexity index is 324. The topological polar surface area (TPSA) is 88.2 Å². The van der Waals surface area contributed by atoms with E-state index in [0.29, 0.717) is 13.0 Å². The number of hydrogen-bond donors (Lipinski definition) is 3. The van der Waals surface area contributed by atoms with E-state index in [4.69, 9.17) is 10.8 Å². The predicted molar refractivity (Wildman–Crippen MR) is 55.9 cm³/mol. The van der Waals surface area contributed by atoms with Gasteiger partial charge in [0, 0.05) is 24.9 Å². The van der Waals surface area contributed by atoms with Crippen LogP contribution in [0.1, 0.15) is 11.3 Å². The van der Waals surface area contributed by atoms with Gasteiger partial charge in [0.05, 0.1) is 0 Å². The second-order valence-electron chi connectivity index (χ2n) is 3.34. The zero-order valence-electron chi connectivity index (χ0n) is 8.60. The molecule has 1 aromatic heterocycles. The number of carbonyl (C=O) groups is 1. The standard InChI is InChI=1S/C10H15N3O2/c1-7-2-3-8(13-6-7)4-5-12-10(15)9(11)14/h2-3,6,10,12,15H,4-5H2,1H3,(H2,11,14). The molecular formula is C10H15N3O2. The van der Waals surface area contributed by atoms with Crippen LogP contribution >= 0.6 is 0 Å². The number of carbonyl (C=O) groups excluding carboxylic acids is 1. The molecule has 1 rings (SSSR count). The van der Waals surface area contributed by atoms with Crippen molar-refractivity contribution in [3.63, 3.8) is 0 Å². The second-order valence-corrected chi connectivity index (χ2v) is 3.34. The molecule has 15 heavy (non-hydrogen) atoms. The first-order valence-corrected chi connectivity index (χ1v) is 4.72. The summed E-state index contributed by atoms with van der Waals surface area (Å²) < 4.78 is 0. The third-order valence-electron chi connectivity index (χ3n) is 1.96. The smallest absolute Gasteiger partial charge is 0.261 e. The van der Waals surface area contributed by atoms with Crippen molar-refractivity contribution in [2.45, 2.75) is 19.6 Å². The van der Waals surface area contributed by atoms with Crippen LogP contribution in [0.4, 0.5) is 0 Å². The van der Waals surface area contributed by atoms with Gasteiger partial charge in [0.2, 0.25) is 0 Å². The third kappa shape index (κ3) is 4.05. The number of nitrogens with one attached hydrogen (secondary N) is 1. The molecule has 0 fully saturated rings. The Hall–Kier alpha value is -1.46. The molecule has 0 aliphatic rings. The molecular weight excluding hydrogens is 194 g/mol. The van der Waals surface area contributed by atoms with Gasteiger partial charge >= 0.3 is 0 Å². The Balaban J connectivity index is 2.32. The second kappa shape index (κ2) is 5.43. The monoisotopic (exact) mass is 209 g/mol. The number of primary amides is 1. The zero-order chi connectivity index (χ0) is 11.3. The molecule has 0 aromatic carbocycles. The summed E-state index contributed by atoms with van der Waals surface area (Å²) in [6, 6.07) is 3.88. The highest BCUT2D eigenvalue weighted by Gasteiger charge is 2.08. The van der Waals surface area contributed by atoms with Crippen LogP contribution in [0.15, 0.2) is 18.3 Å². The van der Waals surface area contributed by atoms with Crippen LogP contribution < -0.4 is 11.1 Å². The maximum Gasteiger partial charge on any atom is 0.261 e. The van der Waals surface area contributed by atoms with Crippen molar-refractivity contribution in [3.8, 4) is 0 Å². The summed E-state index contributed by atoms with van der Waals surface area (Å²) in [6.45, 7) is 2.42. The number of aryl methyl sites for hydroxylation is 1. The first kappa shape index (κ1) is 11.6. The SMILES string of the molecule is Cc1ccc(CCNC(O)C(N)=O)nc1. The Morgan fingerprint density at radius 1 is 1.67 bits per heavy atom. The van der Waals surface area contributed by atoms with E-state index in [2.05, 4.69) is 10.3 Å². The van der Waals surface area contributed by atoms with Crippen LogP contribution in [0.5, 0.6) is 0 Å². The Morgan fingerprint density at radius 3 is 2.93 bits per heavy atom. The van der Waals surface area contributed by atoms with Crippen molar-refractivity contribution in [3.05, 3.63) is 29.6 Å². The predicted octanol–water partition coefficient (Wildman–Crippen LogP) is -0.674. The quantitative estimate of drug-likeness (QED) is 0.561. The van der Waals surface area contributed by atoms with Crippen molar-refractivity contribution >= 4 is 5.91 Å². The molecule has 0 aliphatic heterocycles. The zero-order valence-corrected chi connectivity index (χ0v) is 8.60. The summed E-state index contributed by atoms with van der Waals surface area (Å²) in [7, 11) is 0. The lowest BCUT2D eigenvalue weighted by atomic mass is 10.2. The van der Waals surface area contributed by atoms with E-state index in [-0.39, 0.29) is 0 Å². The van der Waals surface area contributed by atoms with Gasteiger partial charge in [-0.15, -0.1) is 0 Å². The van der Waals surface area contributed by atoms with Gasteiger partial charge in [-0.3, -0.25) is 15.1 Å². The number of nitrogens with zero attached hydrogens (tertiary/aromatic N) is 1. The van der Waals surface area contributed by atoms with Crippen molar-refractivity contribution < 1.29 is 9.90 Å². The number of aromatic nitrogens is 1. The minimum absolute atomic E-state index is 0.458. The van der Waals surface area contributed by atoms with Crippen LogP contribution in [0, 0.1) is 6.92 Å². The third-order valence-corrected chi connectivity index (χ3v) is 1.96. The average Bonchev–Trinajstić information content (AvgIpc) is 2.20. The van der Waals surface area contributed by atoms with Crippen LogP contribution in [0.25, 0.3) is 0 Å². The number of rotatable bonds is 5. The molecule has 0 saturated heterocycles. The van der Waals surface area contributed by atoms with Crippen LogP contribution in [-0.2, 0) is 11.2 Å². The largest absolute Gasteiger partial charge is 0.370 e. The molecule has 1 atom stereocenters. The maximum atomic E-state index is 10.5. The molecule has 0 saturated carbocycles. The molecule has 1 heterocycles. The lowest BCUT2D eigenvalue weighted by molar-refractivity contribution is -0.127. The van der Waals surface area contributed by atoms with Crippen molar-refractivity contribution in [1.82, 2.24) is 10.3 Å². The van der Waals surface area contributed by atoms with Gasteiger partial charge in [0.15, 0.2) is 6.23 Å². The van der Waals surface area contributed by atoms with Crippen molar-refractivity contribution in [1.29, 1.82) is 0 Å². The molecule has 4 N–H and O–H groups in total. The number of hydrogen-bond acceptors (Lipinski definition) is 4. The minimum atomic E-state index is -1.28. The lowest BCUT2D eigenvalue weighted by Crippen LogP contribution is -2.41. The summed E-state index contributed by atoms with van der Waals surface area (Å²) in [6.07, 6.45) is 1.14. The van der Waals surface area contributed by atoms with E-state index in [1.54, 1.807) is 6.20 Å². The molecule has 0 spiro atoms. The number of aliphatic hydroxyl groups excluding tert-OH is 1. The number of nitrogens with two attached hydrogens (primary N) is 1. The Labute approximate surface area is 88.3 Å². The van der Waals surface area contributed by atoms with Crippen molar-refractivity contribution in [2.75, 3.05) is 6.54 Å². The molecule has 5 nitrogen and oxygen atoms in total. The number of amides is 1. The van der Waals surface area contributed by atoms with Crippen molar-refractivity contribution in [2.24, 2.45) is 5.73 Å². The molecule has 1 amide bonds.